The summed E-state index contributed by atoms with van der Waals surface area (Å²) in [6.45, 7) is 7.26. The van der Waals surface area contributed by atoms with Gasteiger partial charge in [-0.3, -0.25) is 9.59 Å². The highest BCUT2D eigenvalue weighted by molar-refractivity contribution is 5.92. The lowest BCUT2D eigenvalue weighted by atomic mass is 10.2. The number of hydrogen-bond donors (Lipinski definition) is 1. The van der Waals surface area contributed by atoms with Crippen LogP contribution in [-0.4, -0.2) is 31.4 Å². The Morgan fingerprint density at radius 1 is 1.12 bits per heavy atom. The lowest BCUT2D eigenvalue weighted by Gasteiger charge is -2.27. The van der Waals surface area contributed by atoms with Crippen molar-refractivity contribution in [2.45, 2.75) is 26.8 Å². The molecule has 0 aliphatic carbocycles. The third kappa shape index (κ3) is 5.35. The zero-order chi connectivity index (χ0) is 18.2. The lowest BCUT2D eigenvalue weighted by Crippen LogP contribution is -2.30. The number of hydrogen-bond acceptors (Lipinski definition) is 4. The van der Waals surface area contributed by atoms with Crippen LogP contribution < -0.4 is 15.0 Å². The first-order chi connectivity index (χ1) is 12.0. The van der Waals surface area contributed by atoms with Gasteiger partial charge in [0.25, 0.3) is 5.91 Å². The number of benzene rings is 2. The van der Waals surface area contributed by atoms with Crippen LogP contribution in [0.15, 0.2) is 48.5 Å². The van der Waals surface area contributed by atoms with E-state index in [2.05, 4.69) is 31.0 Å². The molecule has 0 aliphatic rings. The fraction of sp³-hybridized carbons (Fsp3) is 0.300. The van der Waals surface area contributed by atoms with Crippen molar-refractivity contribution >= 4 is 23.6 Å². The first-order valence-corrected chi connectivity index (χ1v) is 8.38. The van der Waals surface area contributed by atoms with Gasteiger partial charge in [-0.2, -0.15) is 0 Å². The summed E-state index contributed by atoms with van der Waals surface area (Å²) < 4.78 is 5.41. The fourth-order valence-electron chi connectivity index (χ4n) is 2.57. The molecule has 1 N–H and O–H groups in total. The molecular weight excluding hydrogens is 316 g/mol. The maximum absolute atomic E-state index is 12.0. The number of anilines is 2. The van der Waals surface area contributed by atoms with Crippen LogP contribution in [0.25, 0.3) is 0 Å². The largest absolute Gasteiger partial charge is 0.484 e. The molecule has 0 unspecified atom stereocenters. The van der Waals surface area contributed by atoms with Crippen molar-refractivity contribution in [2.24, 2.45) is 0 Å². The highest BCUT2D eigenvalue weighted by atomic mass is 16.5. The number of nitrogens with zero attached hydrogens (tertiary/aromatic N) is 1. The van der Waals surface area contributed by atoms with Crippen LogP contribution in [0, 0.1) is 0 Å². The Labute approximate surface area is 148 Å². The maximum atomic E-state index is 12.0. The van der Waals surface area contributed by atoms with Crippen molar-refractivity contribution in [1.29, 1.82) is 0 Å². The van der Waals surface area contributed by atoms with Crippen LogP contribution >= 0.6 is 0 Å². The number of ether oxygens (including phenoxy) is 1. The van der Waals surface area contributed by atoms with Gasteiger partial charge in [-0.25, -0.2) is 0 Å². The van der Waals surface area contributed by atoms with Gasteiger partial charge in [0.15, 0.2) is 6.61 Å². The summed E-state index contributed by atoms with van der Waals surface area (Å²) in [4.78, 5) is 24.9. The van der Waals surface area contributed by atoms with E-state index in [1.54, 1.807) is 24.3 Å². The summed E-state index contributed by atoms with van der Waals surface area (Å²) in [5.41, 5.74) is 2.43. The predicted molar refractivity (Wildman–Crippen MR) is 101 cm³/mol. The second-order valence-corrected chi connectivity index (χ2v) is 5.95. The molecule has 0 radical (unpaired) electrons. The van der Waals surface area contributed by atoms with E-state index >= 15 is 0 Å². The van der Waals surface area contributed by atoms with Gasteiger partial charge in [0.1, 0.15) is 12.0 Å². The normalized spacial score (nSPS) is 10.4. The van der Waals surface area contributed by atoms with E-state index in [0.29, 0.717) is 17.4 Å². The standard InChI is InChI=1S/C20H24N2O3/c1-4-22(15(2)3)18-9-7-17(8-10-18)21-20(24)14-25-19-11-5-16(13-23)6-12-19/h5-13,15H,4,14H2,1-3H3,(H,21,24). The first-order valence-electron chi connectivity index (χ1n) is 8.38. The molecule has 0 fully saturated rings. The number of nitrogens with one attached hydrogen (secondary N) is 1. The molecule has 2 aromatic carbocycles. The van der Waals surface area contributed by atoms with Crippen molar-refractivity contribution in [1.82, 2.24) is 0 Å². The van der Waals surface area contributed by atoms with E-state index < -0.39 is 0 Å². The molecule has 5 heteroatoms. The van der Waals surface area contributed by atoms with Gasteiger partial charge >= 0.3 is 0 Å². The second kappa shape index (κ2) is 8.87. The quantitative estimate of drug-likeness (QED) is 0.744. The zero-order valence-corrected chi connectivity index (χ0v) is 14.9. The second-order valence-electron chi connectivity index (χ2n) is 5.95. The summed E-state index contributed by atoms with van der Waals surface area (Å²) in [6.07, 6.45) is 0.763. The Bertz CT molecular complexity index is 694. The monoisotopic (exact) mass is 340 g/mol. The molecule has 1 amide bonds. The minimum Gasteiger partial charge on any atom is -0.484 e. The van der Waals surface area contributed by atoms with E-state index in [4.69, 9.17) is 4.74 Å². The van der Waals surface area contributed by atoms with Crippen LogP contribution in [-0.2, 0) is 4.79 Å². The van der Waals surface area contributed by atoms with E-state index in [-0.39, 0.29) is 12.5 Å². The summed E-state index contributed by atoms with van der Waals surface area (Å²) >= 11 is 0. The molecule has 0 bridgehead atoms. The Morgan fingerprint density at radius 3 is 2.28 bits per heavy atom. The molecule has 0 heterocycles. The minimum absolute atomic E-state index is 0.0880. The van der Waals surface area contributed by atoms with E-state index in [9.17, 15) is 9.59 Å². The van der Waals surface area contributed by atoms with Crippen molar-refractivity contribution < 1.29 is 14.3 Å². The Morgan fingerprint density at radius 2 is 1.76 bits per heavy atom. The Hall–Kier alpha value is -2.82. The van der Waals surface area contributed by atoms with Crippen LogP contribution in [0.1, 0.15) is 31.1 Å². The third-order valence-electron chi connectivity index (χ3n) is 3.83. The number of rotatable bonds is 8. The zero-order valence-electron chi connectivity index (χ0n) is 14.9. The van der Waals surface area contributed by atoms with Crippen LogP contribution in [0.2, 0.25) is 0 Å². The molecule has 5 nitrogen and oxygen atoms in total. The van der Waals surface area contributed by atoms with Gasteiger partial charge in [0.05, 0.1) is 0 Å². The number of carbonyl (C=O) groups excluding carboxylic acids is 2. The highest BCUT2D eigenvalue weighted by Gasteiger charge is 2.09. The molecule has 2 rings (SSSR count). The highest BCUT2D eigenvalue weighted by Crippen LogP contribution is 2.20. The fourth-order valence-corrected chi connectivity index (χ4v) is 2.57. The molecule has 0 aliphatic heterocycles. The van der Waals surface area contributed by atoms with Gasteiger partial charge in [-0.15, -0.1) is 0 Å². The molecule has 2 aromatic rings. The average Bonchev–Trinajstić information content (AvgIpc) is 2.62. The van der Waals surface area contributed by atoms with Gasteiger partial charge < -0.3 is 15.0 Å². The number of aldehydes is 1. The number of carbonyl (C=O) groups is 2. The smallest absolute Gasteiger partial charge is 0.262 e. The molecule has 0 saturated carbocycles. The summed E-state index contributed by atoms with van der Waals surface area (Å²) in [5, 5.41) is 2.81. The molecular formula is C20H24N2O3. The van der Waals surface area contributed by atoms with Gasteiger partial charge in [-0.05, 0) is 69.3 Å². The van der Waals surface area contributed by atoms with Crippen LogP contribution in [0.3, 0.4) is 0 Å². The maximum Gasteiger partial charge on any atom is 0.262 e. The molecule has 132 valence electrons. The molecule has 0 atom stereocenters. The first kappa shape index (κ1) is 18.5. The topological polar surface area (TPSA) is 58.6 Å². The van der Waals surface area contributed by atoms with Gasteiger partial charge in [0, 0.05) is 29.5 Å². The predicted octanol–water partition coefficient (Wildman–Crippen LogP) is 3.75. The van der Waals surface area contributed by atoms with Crippen LogP contribution in [0.4, 0.5) is 11.4 Å². The van der Waals surface area contributed by atoms with Crippen molar-refractivity contribution in [3.63, 3.8) is 0 Å². The average molecular weight is 340 g/mol. The van der Waals surface area contributed by atoms with Crippen molar-refractivity contribution in [2.75, 3.05) is 23.4 Å². The summed E-state index contributed by atoms with van der Waals surface area (Å²) in [6, 6.07) is 14.8. The van der Waals surface area contributed by atoms with E-state index in [1.807, 2.05) is 24.3 Å². The van der Waals surface area contributed by atoms with E-state index in [0.717, 1.165) is 24.2 Å². The van der Waals surface area contributed by atoms with E-state index in [1.165, 1.54) is 0 Å². The minimum atomic E-state index is -0.233. The summed E-state index contributed by atoms with van der Waals surface area (Å²) in [5.74, 6) is 0.315. The van der Waals surface area contributed by atoms with Gasteiger partial charge in [0.2, 0.25) is 0 Å². The SMILES string of the molecule is CCN(c1ccc(NC(=O)COc2ccc(C=O)cc2)cc1)C(C)C. The lowest BCUT2D eigenvalue weighted by molar-refractivity contribution is -0.118. The molecule has 25 heavy (non-hydrogen) atoms. The molecule has 0 aromatic heterocycles. The van der Waals surface area contributed by atoms with Crippen molar-refractivity contribution in [3.05, 3.63) is 54.1 Å². The Balaban J connectivity index is 1.88. The third-order valence-corrected chi connectivity index (χ3v) is 3.83. The van der Waals surface area contributed by atoms with Crippen molar-refractivity contribution in [3.8, 4) is 5.75 Å². The molecule has 0 spiro atoms. The van der Waals surface area contributed by atoms with Gasteiger partial charge in [-0.1, -0.05) is 0 Å². The molecule has 0 saturated heterocycles. The number of amides is 1. The summed E-state index contributed by atoms with van der Waals surface area (Å²) in [7, 11) is 0. The van der Waals surface area contributed by atoms with Crippen LogP contribution in [0.5, 0.6) is 5.75 Å². The Kier molecular flexibility index (Phi) is 6.57.